The summed E-state index contributed by atoms with van der Waals surface area (Å²) in [6, 6.07) is 8.41. The van der Waals surface area contributed by atoms with Crippen LogP contribution in [0.2, 0.25) is 0 Å². The molecule has 5 heteroatoms. The van der Waals surface area contributed by atoms with Crippen LogP contribution in [-0.2, 0) is 16.0 Å². The zero-order valence-electron chi connectivity index (χ0n) is 11.6. The molecule has 1 aromatic carbocycles. The van der Waals surface area contributed by atoms with E-state index in [1.807, 2.05) is 37.3 Å². The third kappa shape index (κ3) is 3.36. The van der Waals surface area contributed by atoms with Gasteiger partial charge in [0.1, 0.15) is 6.04 Å². The summed E-state index contributed by atoms with van der Waals surface area (Å²) in [6.07, 6.45) is 1.95. The minimum atomic E-state index is -1.01. The highest BCUT2D eigenvalue weighted by molar-refractivity contribution is 5.90. The summed E-state index contributed by atoms with van der Waals surface area (Å²) in [7, 11) is 0. The van der Waals surface area contributed by atoms with Crippen molar-refractivity contribution < 1.29 is 14.7 Å². The molecule has 3 N–H and O–H groups in total. The molecule has 1 heterocycles. The minimum absolute atomic E-state index is 0.238. The van der Waals surface area contributed by atoms with E-state index in [4.69, 9.17) is 0 Å². The Kier molecular flexibility index (Phi) is 4.39. The lowest BCUT2D eigenvalue weighted by molar-refractivity contribution is -0.142. The first-order chi connectivity index (χ1) is 9.51. The van der Waals surface area contributed by atoms with Gasteiger partial charge < -0.3 is 15.7 Å². The third-order valence-electron chi connectivity index (χ3n) is 3.76. The van der Waals surface area contributed by atoms with Gasteiger partial charge in [-0.3, -0.25) is 4.79 Å². The highest BCUT2D eigenvalue weighted by Crippen LogP contribution is 2.19. The largest absolute Gasteiger partial charge is 0.480 e. The highest BCUT2D eigenvalue weighted by Gasteiger charge is 2.37. The summed E-state index contributed by atoms with van der Waals surface area (Å²) in [5.41, 5.74) is 0.245. The fourth-order valence-corrected chi connectivity index (χ4v) is 2.46. The number of aliphatic carboxylic acids is 1. The average molecular weight is 276 g/mol. The number of hydrogen-bond acceptors (Lipinski definition) is 3. The van der Waals surface area contributed by atoms with Crippen LogP contribution in [0.4, 0.5) is 0 Å². The van der Waals surface area contributed by atoms with Crippen LogP contribution in [0.25, 0.3) is 0 Å². The van der Waals surface area contributed by atoms with Gasteiger partial charge in [0.05, 0.1) is 5.54 Å². The van der Waals surface area contributed by atoms with Gasteiger partial charge in [0.25, 0.3) is 0 Å². The van der Waals surface area contributed by atoms with Gasteiger partial charge in [-0.2, -0.15) is 0 Å². The summed E-state index contributed by atoms with van der Waals surface area (Å²) in [4.78, 5) is 23.6. The minimum Gasteiger partial charge on any atom is -0.480 e. The number of carbonyl (C=O) groups is 2. The Morgan fingerprint density at radius 3 is 2.65 bits per heavy atom. The summed E-state index contributed by atoms with van der Waals surface area (Å²) in [5.74, 6) is -1.25. The topological polar surface area (TPSA) is 78.4 Å². The number of benzene rings is 1. The third-order valence-corrected chi connectivity index (χ3v) is 3.76. The normalized spacial score (nSPS) is 23.2. The quantitative estimate of drug-likeness (QED) is 0.748. The van der Waals surface area contributed by atoms with Gasteiger partial charge in [0, 0.05) is 6.42 Å². The molecule has 0 radical (unpaired) electrons. The average Bonchev–Trinajstić information content (AvgIpc) is 2.87. The maximum atomic E-state index is 12.2. The maximum absolute atomic E-state index is 12.2. The molecule has 0 spiro atoms. The van der Waals surface area contributed by atoms with Gasteiger partial charge in [0.2, 0.25) is 5.91 Å². The van der Waals surface area contributed by atoms with Gasteiger partial charge in [-0.05, 0) is 31.9 Å². The molecule has 1 saturated heterocycles. The molecule has 0 aliphatic carbocycles. The lowest BCUT2D eigenvalue weighted by Crippen LogP contribution is -2.55. The smallest absolute Gasteiger partial charge is 0.326 e. The second-order valence-corrected chi connectivity index (χ2v) is 5.42. The van der Waals surface area contributed by atoms with Crippen LogP contribution in [0.1, 0.15) is 25.3 Å². The molecule has 0 aromatic heterocycles. The lowest BCUT2D eigenvalue weighted by Gasteiger charge is -2.25. The molecular weight excluding hydrogens is 256 g/mol. The van der Waals surface area contributed by atoms with Crippen molar-refractivity contribution in [3.05, 3.63) is 35.9 Å². The van der Waals surface area contributed by atoms with Crippen molar-refractivity contribution in [2.45, 2.75) is 37.8 Å². The first-order valence-electron chi connectivity index (χ1n) is 6.84. The molecule has 2 atom stereocenters. The van der Waals surface area contributed by atoms with Crippen LogP contribution >= 0.6 is 0 Å². The van der Waals surface area contributed by atoms with E-state index in [9.17, 15) is 14.7 Å². The molecule has 1 fully saturated rings. The molecule has 5 nitrogen and oxygen atoms in total. The molecule has 1 aliphatic rings. The standard InChI is InChI=1S/C15H20N2O3/c1-15(8-5-9-16-15)14(20)17-12(13(18)19)10-11-6-3-2-4-7-11/h2-4,6-7,12,16H,5,8-10H2,1H3,(H,17,20)(H,18,19). The van der Waals surface area contributed by atoms with E-state index in [0.717, 1.165) is 24.9 Å². The van der Waals surface area contributed by atoms with E-state index in [0.29, 0.717) is 0 Å². The van der Waals surface area contributed by atoms with Gasteiger partial charge in [-0.1, -0.05) is 30.3 Å². The first kappa shape index (κ1) is 14.5. The SMILES string of the molecule is CC1(C(=O)NC(Cc2ccccc2)C(=O)O)CCCN1. The van der Waals surface area contributed by atoms with E-state index < -0.39 is 17.6 Å². The molecular formula is C15H20N2O3. The summed E-state index contributed by atoms with van der Waals surface area (Å²) in [5, 5.41) is 15.1. The first-order valence-corrected chi connectivity index (χ1v) is 6.84. The second kappa shape index (κ2) is 6.05. The summed E-state index contributed by atoms with van der Waals surface area (Å²) in [6.45, 7) is 2.61. The Balaban J connectivity index is 2.02. The van der Waals surface area contributed by atoms with Gasteiger partial charge in [-0.15, -0.1) is 0 Å². The van der Waals surface area contributed by atoms with Crippen molar-refractivity contribution in [1.29, 1.82) is 0 Å². The zero-order chi connectivity index (χ0) is 14.6. The molecule has 1 aliphatic heterocycles. The van der Waals surface area contributed by atoms with E-state index >= 15 is 0 Å². The Labute approximate surface area is 118 Å². The van der Waals surface area contributed by atoms with Gasteiger partial charge in [0.15, 0.2) is 0 Å². The Morgan fingerprint density at radius 1 is 1.40 bits per heavy atom. The van der Waals surface area contributed by atoms with E-state index in [1.54, 1.807) is 0 Å². The van der Waals surface area contributed by atoms with E-state index in [-0.39, 0.29) is 12.3 Å². The van der Waals surface area contributed by atoms with Crippen LogP contribution < -0.4 is 10.6 Å². The van der Waals surface area contributed by atoms with Crippen molar-refractivity contribution in [2.24, 2.45) is 0 Å². The molecule has 1 aromatic rings. The summed E-state index contributed by atoms with van der Waals surface area (Å²) >= 11 is 0. The van der Waals surface area contributed by atoms with Crippen molar-refractivity contribution in [1.82, 2.24) is 10.6 Å². The number of hydrogen-bond donors (Lipinski definition) is 3. The number of carboxylic acid groups (broad SMARTS) is 1. The Hall–Kier alpha value is -1.88. The van der Waals surface area contributed by atoms with Crippen molar-refractivity contribution in [3.63, 3.8) is 0 Å². The van der Waals surface area contributed by atoms with E-state index in [2.05, 4.69) is 10.6 Å². The Morgan fingerprint density at radius 2 is 2.10 bits per heavy atom. The maximum Gasteiger partial charge on any atom is 0.326 e. The number of nitrogens with one attached hydrogen (secondary N) is 2. The van der Waals surface area contributed by atoms with Gasteiger partial charge >= 0.3 is 5.97 Å². The monoisotopic (exact) mass is 276 g/mol. The van der Waals surface area contributed by atoms with Crippen LogP contribution in [0.15, 0.2) is 30.3 Å². The second-order valence-electron chi connectivity index (χ2n) is 5.42. The fraction of sp³-hybridized carbons (Fsp3) is 0.467. The molecule has 0 saturated carbocycles. The number of carboxylic acids is 1. The molecule has 2 unspecified atom stereocenters. The number of amides is 1. The van der Waals surface area contributed by atoms with Crippen molar-refractivity contribution in [2.75, 3.05) is 6.54 Å². The molecule has 0 bridgehead atoms. The van der Waals surface area contributed by atoms with Crippen molar-refractivity contribution in [3.8, 4) is 0 Å². The van der Waals surface area contributed by atoms with E-state index in [1.165, 1.54) is 0 Å². The molecule has 20 heavy (non-hydrogen) atoms. The van der Waals surface area contributed by atoms with Crippen molar-refractivity contribution >= 4 is 11.9 Å². The number of carbonyl (C=O) groups excluding carboxylic acids is 1. The lowest BCUT2D eigenvalue weighted by atomic mass is 9.98. The fourth-order valence-electron chi connectivity index (χ4n) is 2.46. The van der Waals surface area contributed by atoms with Gasteiger partial charge in [-0.25, -0.2) is 4.79 Å². The predicted molar refractivity (Wildman–Crippen MR) is 75.4 cm³/mol. The predicted octanol–water partition coefficient (Wildman–Crippen LogP) is 0.941. The molecule has 1 amide bonds. The highest BCUT2D eigenvalue weighted by atomic mass is 16.4. The van der Waals surface area contributed by atoms with Crippen LogP contribution in [0, 0.1) is 0 Å². The number of rotatable bonds is 5. The van der Waals surface area contributed by atoms with Crippen LogP contribution in [0.5, 0.6) is 0 Å². The van der Waals surface area contributed by atoms with Crippen LogP contribution in [-0.4, -0.2) is 35.1 Å². The molecule has 108 valence electrons. The van der Waals surface area contributed by atoms with Crippen LogP contribution in [0.3, 0.4) is 0 Å². The Bertz CT molecular complexity index is 481. The summed E-state index contributed by atoms with van der Waals surface area (Å²) < 4.78 is 0. The molecule has 2 rings (SSSR count). The zero-order valence-corrected chi connectivity index (χ0v) is 11.6.